The van der Waals surface area contributed by atoms with Gasteiger partial charge in [-0.3, -0.25) is 9.99 Å². The SMILES string of the molecule is O=C(NN1C=C(O)c2ncccc2C1)OCc1ccccc1. The van der Waals surface area contributed by atoms with Crippen LogP contribution in [0, 0.1) is 0 Å². The van der Waals surface area contributed by atoms with Gasteiger partial charge >= 0.3 is 6.09 Å². The van der Waals surface area contributed by atoms with Crippen molar-refractivity contribution in [3.05, 3.63) is 71.7 Å². The van der Waals surface area contributed by atoms with Crippen LogP contribution in [-0.4, -0.2) is 21.2 Å². The summed E-state index contributed by atoms with van der Waals surface area (Å²) in [6.45, 7) is 0.599. The summed E-state index contributed by atoms with van der Waals surface area (Å²) in [6, 6.07) is 13.0. The Morgan fingerprint density at radius 2 is 2.09 bits per heavy atom. The Kier molecular flexibility index (Phi) is 3.91. The summed E-state index contributed by atoms with van der Waals surface area (Å²) in [5, 5.41) is 11.4. The number of fused-ring (bicyclic) bond motifs is 1. The number of hydrazine groups is 1. The van der Waals surface area contributed by atoms with Gasteiger partial charge in [0.05, 0.1) is 12.7 Å². The van der Waals surface area contributed by atoms with E-state index < -0.39 is 6.09 Å². The molecule has 22 heavy (non-hydrogen) atoms. The molecule has 1 aliphatic rings. The first-order valence-corrected chi connectivity index (χ1v) is 6.81. The number of aliphatic hydroxyl groups is 1. The van der Waals surface area contributed by atoms with Gasteiger partial charge in [0, 0.05) is 11.8 Å². The highest BCUT2D eigenvalue weighted by molar-refractivity contribution is 5.67. The Balaban J connectivity index is 1.58. The number of hydrogen-bond donors (Lipinski definition) is 2. The van der Waals surface area contributed by atoms with E-state index in [1.54, 1.807) is 12.3 Å². The van der Waals surface area contributed by atoms with Crippen LogP contribution in [0.1, 0.15) is 16.8 Å². The lowest BCUT2D eigenvalue weighted by atomic mass is 10.1. The van der Waals surface area contributed by atoms with Gasteiger partial charge in [0.25, 0.3) is 0 Å². The fourth-order valence-electron chi connectivity index (χ4n) is 2.18. The summed E-state index contributed by atoms with van der Waals surface area (Å²) < 4.78 is 5.14. The van der Waals surface area contributed by atoms with Gasteiger partial charge in [0.1, 0.15) is 12.3 Å². The number of pyridine rings is 1. The standard InChI is InChI=1S/C16H15N3O3/c20-14-10-19(9-13-7-4-8-17-15(13)14)18-16(21)22-11-12-5-2-1-3-6-12/h1-8,10,20H,9,11H2,(H,18,21). The number of nitrogens with zero attached hydrogens (tertiary/aromatic N) is 2. The van der Waals surface area contributed by atoms with E-state index in [2.05, 4.69) is 10.4 Å². The Morgan fingerprint density at radius 1 is 1.27 bits per heavy atom. The van der Waals surface area contributed by atoms with E-state index >= 15 is 0 Å². The molecule has 0 bridgehead atoms. The minimum atomic E-state index is -0.583. The van der Waals surface area contributed by atoms with E-state index in [-0.39, 0.29) is 12.4 Å². The van der Waals surface area contributed by atoms with Crippen LogP contribution in [0.15, 0.2) is 54.9 Å². The topological polar surface area (TPSA) is 74.7 Å². The molecule has 0 spiro atoms. The number of carbonyl (C=O) groups excluding carboxylic acids is 1. The first-order valence-electron chi connectivity index (χ1n) is 6.81. The minimum absolute atomic E-state index is 0.00482. The molecule has 6 nitrogen and oxygen atoms in total. The maximum Gasteiger partial charge on any atom is 0.426 e. The quantitative estimate of drug-likeness (QED) is 0.911. The third-order valence-electron chi connectivity index (χ3n) is 3.20. The molecule has 0 saturated heterocycles. The number of aromatic nitrogens is 1. The summed E-state index contributed by atoms with van der Waals surface area (Å²) in [5.74, 6) is 0.00482. The number of carbonyl (C=O) groups is 1. The molecule has 2 heterocycles. The predicted octanol–water partition coefficient (Wildman–Crippen LogP) is 2.60. The van der Waals surface area contributed by atoms with E-state index in [0.29, 0.717) is 12.2 Å². The summed E-state index contributed by atoms with van der Waals surface area (Å²) in [7, 11) is 0. The Morgan fingerprint density at radius 3 is 2.91 bits per heavy atom. The monoisotopic (exact) mass is 297 g/mol. The molecule has 1 aromatic carbocycles. The molecule has 0 atom stereocenters. The van der Waals surface area contributed by atoms with Crippen LogP contribution in [0.3, 0.4) is 0 Å². The summed E-state index contributed by atoms with van der Waals surface area (Å²) in [5.41, 5.74) is 4.83. The number of nitrogens with one attached hydrogen (secondary N) is 1. The van der Waals surface area contributed by atoms with Crippen LogP contribution in [0.4, 0.5) is 4.79 Å². The van der Waals surface area contributed by atoms with Gasteiger partial charge in [-0.1, -0.05) is 36.4 Å². The largest absolute Gasteiger partial charge is 0.504 e. The van der Waals surface area contributed by atoms with Gasteiger partial charge < -0.3 is 9.84 Å². The highest BCUT2D eigenvalue weighted by atomic mass is 16.6. The smallest absolute Gasteiger partial charge is 0.426 e. The van der Waals surface area contributed by atoms with E-state index in [1.807, 2.05) is 36.4 Å². The van der Waals surface area contributed by atoms with Crippen molar-refractivity contribution in [2.45, 2.75) is 13.2 Å². The second-order valence-corrected chi connectivity index (χ2v) is 4.83. The molecule has 6 heteroatoms. The molecule has 0 aliphatic carbocycles. The van der Waals surface area contributed by atoms with Crippen molar-refractivity contribution in [1.29, 1.82) is 0 Å². The highest BCUT2D eigenvalue weighted by Gasteiger charge is 2.19. The summed E-state index contributed by atoms with van der Waals surface area (Å²) >= 11 is 0. The van der Waals surface area contributed by atoms with Crippen molar-refractivity contribution < 1.29 is 14.6 Å². The van der Waals surface area contributed by atoms with E-state index in [0.717, 1.165) is 11.1 Å². The molecule has 0 saturated carbocycles. The molecule has 1 aromatic heterocycles. The van der Waals surface area contributed by atoms with E-state index in [4.69, 9.17) is 4.74 Å². The van der Waals surface area contributed by atoms with Crippen LogP contribution in [-0.2, 0) is 17.9 Å². The van der Waals surface area contributed by atoms with Crippen LogP contribution < -0.4 is 5.43 Å². The van der Waals surface area contributed by atoms with Crippen LogP contribution in [0.2, 0.25) is 0 Å². The molecular weight excluding hydrogens is 282 g/mol. The minimum Gasteiger partial charge on any atom is -0.504 e. The molecule has 0 radical (unpaired) electrons. The fourth-order valence-corrected chi connectivity index (χ4v) is 2.18. The van der Waals surface area contributed by atoms with Gasteiger partial charge in [-0.2, -0.15) is 0 Å². The molecular formula is C16H15N3O3. The number of aliphatic hydroxyl groups excluding tert-OH is 1. The first-order chi connectivity index (χ1) is 10.7. The second-order valence-electron chi connectivity index (χ2n) is 4.83. The average Bonchev–Trinajstić information content (AvgIpc) is 2.54. The normalized spacial score (nSPS) is 13.1. The summed E-state index contributed by atoms with van der Waals surface area (Å²) in [4.78, 5) is 15.9. The molecule has 3 rings (SSSR count). The van der Waals surface area contributed by atoms with Gasteiger partial charge in [0.2, 0.25) is 0 Å². The van der Waals surface area contributed by atoms with Crippen LogP contribution in [0.25, 0.3) is 5.76 Å². The van der Waals surface area contributed by atoms with Crippen LogP contribution >= 0.6 is 0 Å². The maximum absolute atomic E-state index is 11.8. The fraction of sp³-hybridized carbons (Fsp3) is 0.125. The third-order valence-corrected chi connectivity index (χ3v) is 3.20. The summed E-state index contributed by atoms with van der Waals surface area (Å²) in [6.07, 6.45) is 2.44. The van der Waals surface area contributed by atoms with Gasteiger partial charge in [0.15, 0.2) is 5.76 Å². The maximum atomic E-state index is 11.8. The van der Waals surface area contributed by atoms with Crippen molar-refractivity contribution in [3.8, 4) is 0 Å². The number of rotatable bonds is 3. The second kappa shape index (κ2) is 6.17. The third kappa shape index (κ3) is 3.17. The molecule has 2 N–H and O–H groups in total. The Hall–Kier alpha value is -3.02. The zero-order valence-electron chi connectivity index (χ0n) is 11.8. The van der Waals surface area contributed by atoms with Crippen molar-refractivity contribution in [3.63, 3.8) is 0 Å². The molecule has 2 aromatic rings. The van der Waals surface area contributed by atoms with Crippen molar-refractivity contribution in [1.82, 2.24) is 15.4 Å². The van der Waals surface area contributed by atoms with Gasteiger partial charge in [-0.15, -0.1) is 0 Å². The molecule has 1 amide bonds. The zero-order chi connectivity index (χ0) is 15.4. The molecule has 112 valence electrons. The van der Waals surface area contributed by atoms with Crippen molar-refractivity contribution in [2.24, 2.45) is 0 Å². The number of hydrogen-bond acceptors (Lipinski definition) is 5. The lowest BCUT2D eigenvalue weighted by molar-refractivity contribution is 0.112. The predicted molar refractivity (Wildman–Crippen MR) is 80.1 cm³/mol. The number of ether oxygens (including phenoxy) is 1. The zero-order valence-corrected chi connectivity index (χ0v) is 11.8. The van der Waals surface area contributed by atoms with Gasteiger partial charge in [-0.05, 0) is 11.6 Å². The molecule has 1 aliphatic heterocycles. The lowest BCUT2D eigenvalue weighted by Crippen LogP contribution is -2.40. The lowest BCUT2D eigenvalue weighted by Gasteiger charge is -2.25. The first kappa shape index (κ1) is 13.9. The molecule has 0 unspecified atom stereocenters. The Labute approximate surface area is 127 Å². The van der Waals surface area contributed by atoms with Gasteiger partial charge in [-0.25, -0.2) is 10.2 Å². The van der Waals surface area contributed by atoms with E-state index in [9.17, 15) is 9.90 Å². The number of benzene rings is 1. The van der Waals surface area contributed by atoms with Crippen molar-refractivity contribution in [2.75, 3.05) is 0 Å². The van der Waals surface area contributed by atoms with Crippen molar-refractivity contribution >= 4 is 11.9 Å². The highest BCUT2D eigenvalue weighted by Crippen LogP contribution is 2.21. The molecule has 0 fully saturated rings. The average molecular weight is 297 g/mol. The van der Waals surface area contributed by atoms with Crippen LogP contribution in [0.5, 0.6) is 0 Å². The van der Waals surface area contributed by atoms with E-state index in [1.165, 1.54) is 11.2 Å². The Bertz CT molecular complexity index is 701. The number of amides is 1.